The van der Waals surface area contributed by atoms with Crippen molar-refractivity contribution in [2.24, 2.45) is 0 Å². The van der Waals surface area contributed by atoms with E-state index in [0.717, 1.165) is 6.42 Å². The summed E-state index contributed by atoms with van der Waals surface area (Å²) in [5, 5.41) is 76.5. The first-order chi connectivity index (χ1) is 22.9. The van der Waals surface area contributed by atoms with Crippen LogP contribution in [0.5, 0.6) is 28.7 Å². The minimum Gasteiger partial charge on any atom is -0.506 e. The van der Waals surface area contributed by atoms with Crippen LogP contribution in [0, 0.1) is 0 Å². The maximum Gasteiger partial charge on any atom is 0.342 e. The summed E-state index contributed by atoms with van der Waals surface area (Å²) in [6.07, 6.45) is -6.57. The molecule has 3 heterocycles. The van der Waals surface area contributed by atoms with Gasteiger partial charge < -0.3 is 59.1 Å². The Bertz CT molecular complexity index is 2040. The molecule has 14 nitrogen and oxygen atoms in total. The first-order valence-electron chi connectivity index (χ1n) is 15.6. The number of aliphatic hydroxyl groups is 4. The standard InChI is InChI=1S/C34H34O14/c1-4-5-13-8-12-9-14-20(28(39)19(12)34(43)46-13)22-23(31(42)26(14)37)32(44-3)33-24(30(22)41)29(40)21-16(48-33)6-7-17(27(21)38)47-18-10-15(35)25(36)11(2)45-18/h6-7,9,11,13,15,18,25-26,31,35-39,41-42H,4-5,8,10H2,1-3H3/t11-,13-,15-,18+,25-,26+,31+/m1/s1. The number of fused-ring (bicyclic) bond motifs is 6. The highest BCUT2D eigenvalue weighted by atomic mass is 16.7. The van der Waals surface area contributed by atoms with Crippen LogP contribution in [0.1, 0.15) is 72.4 Å². The third kappa shape index (κ3) is 4.58. The fourth-order valence-electron chi connectivity index (χ4n) is 7.12. The SMILES string of the molecule is CCC[C@@H]1Cc2cc3c(c(O)c2C(=O)O1)-c1c(c(OC)c2oc4ccc(O[C@H]5C[C@@H](O)[C@H](O)[C@@H](C)O5)c(O)c4c(=O)c2c1O)[C@H](O)[C@H]3O. The number of aromatic hydroxyl groups is 3. The van der Waals surface area contributed by atoms with E-state index < -0.39 is 82.3 Å². The molecule has 0 saturated carbocycles. The fraction of sp³-hybridized carbons (Fsp3) is 0.412. The van der Waals surface area contributed by atoms with Gasteiger partial charge in [-0.3, -0.25) is 4.79 Å². The predicted octanol–water partition coefficient (Wildman–Crippen LogP) is 2.94. The maximum atomic E-state index is 14.2. The zero-order valence-corrected chi connectivity index (χ0v) is 26.1. The number of methoxy groups -OCH3 is 1. The van der Waals surface area contributed by atoms with Crippen molar-refractivity contribution in [3.8, 4) is 39.9 Å². The molecule has 14 heteroatoms. The van der Waals surface area contributed by atoms with Crippen molar-refractivity contribution in [1.82, 2.24) is 0 Å². The zero-order valence-electron chi connectivity index (χ0n) is 26.1. The lowest BCUT2D eigenvalue weighted by Gasteiger charge is -2.35. The van der Waals surface area contributed by atoms with Crippen molar-refractivity contribution in [2.45, 2.75) is 82.4 Å². The highest BCUT2D eigenvalue weighted by Gasteiger charge is 2.43. The Labute approximate surface area is 271 Å². The predicted molar refractivity (Wildman–Crippen MR) is 166 cm³/mol. The van der Waals surface area contributed by atoms with E-state index in [1.807, 2.05) is 6.92 Å². The monoisotopic (exact) mass is 666 g/mol. The second-order valence-corrected chi connectivity index (χ2v) is 12.4. The van der Waals surface area contributed by atoms with Crippen molar-refractivity contribution in [3.05, 3.63) is 50.7 Å². The molecule has 3 aromatic carbocycles. The van der Waals surface area contributed by atoms with E-state index in [-0.39, 0.29) is 63.3 Å². The molecule has 3 aliphatic rings. The molecule has 0 bridgehead atoms. The van der Waals surface area contributed by atoms with E-state index in [1.54, 1.807) is 0 Å². The topological polar surface area (TPSA) is 226 Å². The molecular formula is C34H34O14. The van der Waals surface area contributed by atoms with E-state index >= 15 is 0 Å². The Morgan fingerprint density at radius 1 is 0.938 bits per heavy atom. The van der Waals surface area contributed by atoms with Gasteiger partial charge in [-0.05, 0) is 36.6 Å². The molecule has 1 aromatic heterocycles. The van der Waals surface area contributed by atoms with Gasteiger partial charge in [0.2, 0.25) is 11.7 Å². The molecule has 0 spiro atoms. The third-order valence-electron chi connectivity index (χ3n) is 9.44. The Morgan fingerprint density at radius 2 is 1.69 bits per heavy atom. The Kier molecular flexibility index (Phi) is 7.68. The summed E-state index contributed by atoms with van der Waals surface area (Å²) in [7, 11) is 1.22. The number of phenols is 3. The number of hydrogen-bond acceptors (Lipinski definition) is 14. The maximum absolute atomic E-state index is 14.2. The highest BCUT2D eigenvalue weighted by Crippen LogP contribution is 2.58. The van der Waals surface area contributed by atoms with Crippen LogP contribution in [0.2, 0.25) is 0 Å². The molecule has 2 aliphatic heterocycles. The van der Waals surface area contributed by atoms with E-state index in [1.165, 1.54) is 32.2 Å². The average molecular weight is 667 g/mol. The Balaban J connectivity index is 1.45. The number of esters is 1. The Morgan fingerprint density at radius 3 is 2.38 bits per heavy atom. The smallest absolute Gasteiger partial charge is 0.342 e. The van der Waals surface area contributed by atoms with Gasteiger partial charge in [-0.1, -0.05) is 19.4 Å². The molecule has 0 amide bonds. The van der Waals surface area contributed by atoms with Gasteiger partial charge in [0.15, 0.2) is 22.8 Å². The molecule has 7 N–H and O–H groups in total. The second-order valence-electron chi connectivity index (χ2n) is 12.4. The molecule has 7 atom stereocenters. The van der Waals surface area contributed by atoms with Gasteiger partial charge in [0.1, 0.15) is 57.8 Å². The van der Waals surface area contributed by atoms with Crippen LogP contribution in [0.3, 0.4) is 0 Å². The highest BCUT2D eigenvalue weighted by molar-refractivity contribution is 6.07. The van der Waals surface area contributed by atoms with Crippen LogP contribution in [0.4, 0.5) is 0 Å². The number of ether oxygens (including phenoxy) is 4. The van der Waals surface area contributed by atoms with E-state index in [0.29, 0.717) is 12.0 Å². The van der Waals surface area contributed by atoms with Crippen molar-refractivity contribution < 1.29 is 63.9 Å². The minimum atomic E-state index is -1.73. The molecular weight excluding hydrogens is 632 g/mol. The van der Waals surface area contributed by atoms with Crippen molar-refractivity contribution >= 4 is 27.9 Å². The van der Waals surface area contributed by atoms with E-state index in [9.17, 15) is 45.3 Å². The quantitative estimate of drug-likeness (QED) is 0.120. The molecule has 48 heavy (non-hydrogen) atoms. The number of benzene rings is 3. The van der Waals surface area contributed by atoms with Gasteiger partial charge in [-0.25, -0.2) is 4.79 Å². The average Bonchev–Trinajstić information content (AvgIpc) is 3.03. The molecule has 1 fully saturated rings. The zero-order chi connectivity index (χ0) is 34.3. The van der Waals surface area contributed by atoms with Crippen LogP contribution in [0.15, 0.2) is 27.4 Å². The van der Waals surface area contributed by atoms with Crippen molar-refractivity contribution in [3.63, 3.8) is 0 Å². The minimum absolute atomic E-state index is 0.00521. The van der Waals surface area contributed by atoms with Crippen LogP contribution < -0.4 is 14.9 Å². The Hall–Kier alpha value is -4.60. The normalized spacial score (nSPS) is 26.5. The fourth-order valence-corrected chi connectivity index (χ4v) is 7.12. The summed E-state index contributed by atoms with van der Waals surface area (Å²) >= 11 is 0. The first kappa shape index (κ1) is 32.0. The summed E-state index contributed by atoms with van der Waals surface area (Å²) < 4.78 is 28.4. The molecule has 0 unspecified atom stereocenters. The molecule has 4 aromatic rings. The lowest BCUT2D eigenvalue weighted by Crippen LogP contribution is -2.48. The van der Waals surface area contributed by atoms with E-state index in [4.69, 9.17) is 23.4 Å². The van der Waals surface area contributed by atoms with Crippen LogP contribution in [-0.2, 0) is 15.9 Å². The summed E-state index contributed by atoms with van der Waals surface area (Å²) in [5.74, 6) is -3.33. The number of rotatable bonds is 5. The summed E-state index contributed by atoms with van der Waals surface area (Å²) in [6, 6.07) is 4.08. The van der Waals surface area contributed by atoms with Gasteiger partial charge in [0, 0.05) is 29.5 Å². The van der Waals surface area contributed by atoms with Gasteiger partial charge in [0.05, 0.1) is 19.3 Å². The second kappa shape index (κ2) is 11.5. The van der Waals surface area contributed by atoms with Gasteiger partial charge in [-0.15, -0.1) is 0 Å². The van der Waals surface area contributed by atoms with Crippen LogP contribution in [0.25, 0.3) is 33.1 Å². The number of hydrogen-bond donors (Lipinski definition) is 7. The van der Waals surface area contributed by atoms with Crippen LogP contribution in [-0.4, -0.2) is 79.5 Å². The first-order valence-corrected chi connectivity index (χ1v) is 15.6. The number of cyclic esters (lactones) is 1. The molecule has 0 radical (unpaired) electrons. The largest absolute Gasteiger partial charge is 0.506 e. The van der Waals surface area contributed by atoms with Crippen molar-refractivity contribution in [1.29, 1.82) is 0 Å². The van der Waals surface area contributed by atoms with Gasteiger partial charge in [-0.2, -0.15) is 0 Å². The summed E-state index contributed by atoms with van der Waals surface area (Å²) in [5.41, 5.74) is -1.90. The third-order valence-corrected chi connectivity index (χ3v) is 9.44. The summed E-state index contributed by atoms with van der Waals surface area (Å²) in [4.78, 5) is 27.3. The number of aliphatic hydroxyl groups excluding tert-OH is 4. The lowest BCUT2D eigenvalue weighted by molar-refractivity contribution is -0.216. The number of carbonyl (C=O) groups is 1. The van der Waals surface area contributed by atoms with Crippen molar-refractivity contribution in [2.75, 3.05) is 7.11 Å². The van der Waals surface area contributed by atoms with Gasteiger partial charge in [0.25, 0.3) is 0 Å². The molecule has 1 aliphatic carbocycles. The lowest BCUT2D eigenvalue weighted by atomic mass is 9.77. The number of carbonyl (C=O) groups excluding carboxylic acids is 1. The van der Waals surface area contributed by atoms with Gasteiger partial charge >= 0.3 is 5.97 Å². The van der Waals surface area contributed by atoms with Crippen LogP contribution >= 0.6 is 0 Å². The molecule has 254 valence electrons. The number of phenolic OH excluding ortho intramolecular Hbond substituents is 3. The van der Waals surface area contributed by atoms with E-state index in [2.05, 4.69) is 0 Å². The summed E-state index contributed by atoms with van der Waals surface area (Å²) in [6.45, 7) is 3.47. The molecule has 1 saturated heterocycles. The molecule has 7 rings (SSSR count).